The summed E-state index contributed by atoms with van der Waals surface area (Å²) in [5, 5.41) is 10.2. The van der Waals surface area contributed by atoms with Gasteiger partial charge in [0.2, 0.25) is 0 Å². The van der Waals surface area contributed by atoms with Crippen molar-refractivity contribution in [2.45, 2.75) is 0 Å². The van der Waals surface area contributed by atoms with Crippen LogP contribution in [0.25, 0.3) is 0 Å². The topological polar surface area (TPSA) is 32.4 Å². The van der Waals surface area contributed by atoms with Gasteiger partial charge in [-0.25, -0.2) is 5.11 Å². The summed E-state index contributed by atoms with van der Waals surface area (Å²) < 4.78 is 5.02. The molecule has 0 unspecified atom stereocenters. The van der Waals surface area contributed by atoms with E-state index in [0.717, 1.165) is 26.3 Å². The van der Waals surface area contributed by atoms with Gasteiger partial charge in [-0.1, -0.05) is 0 Å². The van der Waals surface area contributed by atoms with E-state index in [1.165, 1.54) is 0 Å². The Morgan fingerprint density at radius 2 is 2.00 bits per heavy atom. The van der Waals surface area contributed by atoms with Gasteiger partial charge in [-0.05, 0) is 0 Å². The molecule has 0 aliphatic carbocycles. The van der Waals surface area contributed by atoms with Crippen molar-refractivity contribution >= 4 is 0 Å². The molecule has 0 saturated carbocycles. The molecule has 1 aliphatic rings. The molecule has 1 aliphatic heterocycles. The van der Waals surface area contributed by atoms with Gasteiger partial charge in [-0.15, -0.1) is 0 Å². The Hall–Kier alpha value is -0.120. The normalized spacial score (nSPS) is 23.6. The predicted molar refractivity (Wildman–Crippen MR) is 27.9 cm³/mol. The van der Waals surface area contributed by atoms with Crippen LogP contribution in [0, 0.1) is 0 Å². The third-order valence-corrected chi connectivity index (χ3v) is 1.29. The lowest BCUT2D eigenvalue weighted by Crippen LogP contribution is -2.36. The van der Waals surface area contributed by atoms with E-state index in [2.05, 4.69) is 0 Å². The molecule has 3 heteroatoms. The second-order valence-corrected chi connectivity index (χ2v) is 1.86. The Kier molecular flexibility index (Phi) is 2.27. The first-order valence-corrected chi connectivity index (χ1v) is 2.81. The summed E-state index contributed by atoms with van der Waals surface area (Å²) in [5.74, 6) is 0. The van der Waals surface area contributed by atoms with Crippen LogP contribution in [0.15, 0.2) is 0 Å². The maximum Gasteiger partial charge on any atom is 0.135 e. The Bertz CT molecular complexity index is 61.4. The molecule has 0 aromatic rings. The Labute approximate surface area is 48.9 Å². The van der Waals surface area contributed by atoms with Gasteiger partial charge in [0.05, 0.1) is 13.2 Å². The zero-order chi connectivity index (χ0) is 5.82. The summed E-state index contributed by atoms with van der Waals surface area (Å²) in [6.07, 6.45) is 0. The molecule has 3 nitrogen and oxygen atoms in total. The largest absolute Gasteiger partial charge is 0.379 e. The fraction of sp³-hybridized carbons (Fsp3) is 1.00. The first-order valence-electron chi connectivity index (χ1n) is 2.81. The van der Waals surface area contributed by atoms with Crippen molar-refractivity contribution in [2.75, 3.05) is 33.0 Å². The summed E-state index contributed by atoms with van der Waals surface area (Å²) in [5.41, 5.74) is 0. The van der Waals surface area contributed by atoms with Crippen LogP contribution in [-0.2, 0) is 9.84 Å². The molecule has 1 radical (unpaired) electrons. The second-order valence-electron chi connectivity index (χ2n) is 1.86. The lowest BCUT2D eigenvalue weighted by atomic mass is 10.5. The smallest absolute Gasteiger partial charge is 0.135 e. The highest BCUT2D eigenvalue weighted by Crippen LogP contribution is 1.92. The molecule has 8 heavy (non-hydrogen) atoms. The highest BCUT2D eigenvalue weighted by atomic mass is 16.5. The molecule has 0 aromatic carbocycles. The lowest BCUT2D eigenvalue weighted by Gasteiger charge is -2.22. The molecule has 1 rings (SSSR count). The van der Waals surface area contributed by atoms with Crippen LogP contribution in [0.5, 0.6) is 0 Å². The van der Waals surface area contributed by atoms with E-state index in [4.69, 9.17) is 4.74 Å². The summed E-state index contributed by atoms with van der Waals surface area (Å²) in [7, 11) is 0. The van der Waals surface area contributed by atoms with Crippen LogP contribution < -0.4 is 0 Å². The zero-order valence-corrected chi connectivity index (χ0v) is 4.80. The standard InChI is InChI=1S/C5H10NO2/c7-5-6-1-3-8-4-2-6/h1-5H2. The van der Waals surface area contributed by atoms with Crippen molar-refractivity contribution in [1.29, 1.82) is 0 Å². The number of hydrogen-bond donors (Lipinski definition) is 0. The van der Waals surface area contributed by atoms with Crippen molar-refractivity contribution < 1.29 is 9.84 Å². The van der Waals surface area contributed by atoms with Crippen molar-refractivity contribution in [2.24, 2.45) is 0 Å². The van der Waals surface area contributed by atoms with Crippen LogP contribution >= 0.6 is 0 Å². The summed E-state index contributed by atoms with van der Waals surface area (Å²) in [4.78, 5) is 1.84. The first-order chi connectivity index (χ1) is 3.93. The minimum Gasteiger partial charge on any atom is -0.379 e. The molecule has 0 spiro atoms. The average molecular weight is 116 g/mol. The second kappa shape index (κ2) is 3.02. The number of nitrogens with zero attached hydrogens (tertiary/aromatic N) is 1. The fourth-order valence-corrected chi connectivity index (χ4v) is 0.730. The van der Waals surface area contributed by atoms with Crippen LogP contribution in [0.1, 0.15) is 0 Å². The van der Waals surface area contributed by atoms with Crippen molar-refractivity contribution in [1.82, 2.24) is 4.90 Å². The van der Waals surface area contributed by atoms with E-state index in [1.807, 2.05) is 4.90 Å². The van der Waals surface area contributed by atoms with Crippen molar-refractivity contribution in [3.63, 3.8) is 0 Å². The summed E-state index contributed by atoms with van der Waals surface area (Å²) in [6.45, 7) is 2.99. The third-order valence-electron chi connectivity index (χ3n) is 1.29. The van der Waals surface area contributed by atoms with E-state index >= 15 is 0 Å². The van der Waals surface area contributed by atoms with Crippen LogP contribution in [-0.4, -0.2) is 37.9 Å². The lowest BCUT2D eigenvalue weighted by molar-refractivity contribution is -0.0252. The van der Waals surface area contributed by atoms with Gasteiger partial charge in [0, 0.05) is 13.1 Å². The van der Waals surface area contributed by atoms with Crippen LogP contribution in [0.3, 0.4) is 0 Å². The first kappa shape index (κ1) is 6.01. The number of hydrogen-bond acceptors (Lipinski definition) is 2. The van der Waals surface area contributed by atoms with Gasteiger partial charge in [-0.3, -0.25) is 4.90 Å². The fourth-order valence-electron chi connectivity index (χ4n) is 0.730. The molecular weight excluding hydrogens is 106 g/mol. The maximum absolute atomic E-state index is 10.2. The molecular formula is C5H10NO2. The summed E-state index contributed by atoms with van der Waals surface area (Å²) in [6, 6.07) is 0. The van der Waals surface area contributed by atoms with Gasteiger partial charge in [-0.2, -0.15) is 0 Å². The molecule has 1 saturated heterocycles. The summed E-state index contributed by atoms with van der Waals surface area (Å²) >= 11 is 0. The molecule has 0 atom stereocenters. The minimum atomic E-state index is -0.0800. The van der Waals surface area contributed by atoms with E-state index in [0.29, 0.717) is 0 Å². The SMILES string of the molecule is [O]CN1CCOCC1. The van der Waals surface area contributed by atoms with Gasteiger partial charge >= 0.3 is 0 Å². The maximum atomic E-state index is 10.2. The molecule has 1 fully saturated rings. The predicted octanol–water partition coefficient (Wildman–Crippen LogP) is -0.293. The van der Waals surface area contributed by atoms with Crippen LogP contribution in [0.2, 0.25) is 0 Å². The van der Waals surface area contributed by atoms with Gasteiger partial charge in [0.15, 0.2) is 0 Å². The molecule has 1 heterocycles. The third kappa shape index (κ3) is 1.43. The molecule has 0 aromatic heterocycles. The zero-order valence-electron chi connectivity index (χ0n) is 4.80. The van der Waals surface area contributed by atoms with Crippen molar-refractivity contribution in [3.8, 4) is 0 Å². The molecule has 0 N–H and O–H groups in total. The molecule has 0 bridgehead atoms. The van der Waals surface area contributed by atoms with Gasteiger partial charge in [0.25, 0.3) is 0 Å². The van der Waals surface area contributed by atoms with Crippen LogP contribution in [0.4, 0.5) is 0 Å². The Morgan fingerprint density at radius 1 is 1.38 bits per heavy atom. The minimum absolute atomic E-state index is 0.0800. The highest BCUT2D eigenvalue weighted by molar-refractivity contribution is 4.55. The van der Waals surface area contributed by atoms with E-state index in [-0.39, 0.29) is 6.73 Å². The Morgan fingerprint density at radius 3 is 2.38 bits per heavy atom. The Balaban J connectivity index is 2.13. The number of morpholine rings is 1. The van der Waals surface area contributed by atoms with Gasteiger partial charge < -0.3 is 4.74 Å². The number of ether oxygens (including phenoxy) is 1. The van der Waals surface area contributed by atoms with E-state index < -0.39 is 0 Å². The average Bonchev–Trinajstić information content (AvgIpc) is 1.90. The van der Waals surface area contributed by atoms with E-state index in [9.17, 15) is 5.11 Å². The molecule has 0 amide bonds. The highest BCUT2D eigenvalue weighted by Gasteiger charge is 2.07. The number of rotatable bonds is 1. The van der Waals surface area contributed by atoms with Crippen molar-refractivity contribution in [3.05, 3.63) is 0 Å². The monoisotopic (exact) mass is 116 g/mol. The van der Waals surface area contributed by atoms with E-state index in [1.54, 1.807) is 0 Å². The quantitative estimate of drug-likeness (QED) is 0.471. The molecule has 47 valence electrons. The van der Waals surface area contributed by atoms with Gasteiger partial charge in [0.1, 0.15) is 6.73 Å².